The summed E-state index contributed by atoms with van der Waals surface area (Å²) in [7, 11) is 0. The Balaban J connectivity index is 2.30. The molecule has 0 aromatic carbocycles. The Labute approximate surface area is 114 Å². The van der Waals surface area contributed by atoms with Crippen molar-refractivity contribution in [2.24, 2.45) is 5.41 Å². The molecule has 0 aromatic rings. The maximum atomic E-state index is 11.9. The minimum absolute atomic E-state index is 0.183. The minimum Gasteiger partial charge on any atom is -0.385 e. The van der Waals surface area contributed by atoms with Crippen molar-refractivity contribution in [3.05, 3.63) is 23.3 Å². The molecule has 19 heavy (non-hydrogen) atoms. The number of rotatable bonds is 2. The van der Waals surface area contributed by atoms with Crippen LogP contribution < -0.4 is 0 Å². The molecule has 1 aliphatic carbocycles. The molecule has 1 heterocycles. The first-order valence-corrected chi connectivity index (χ1v) is 6.66. The molecule has 0 spiro atoms. The normalized spacial score (nSPS) is 30.4. The molecule has 0 radical (unpaired) electrons. The van der Waals surface area contributed by atoms with E-state index in [0.29, 0.717) is 25.2 Å². The fourth-order valence-electron chi connectivity index (χ4n) is 2.79. The summed E-state index contributed by atoms with van der Waals surface area (Å²) < 4.78 is 11.0. The van der Waals surface area contributed by atoms with Crippen LogP contribution in [-0.2, 0) is 14.3 Å². The highest BCUT2D eigenvalue weighted by Crippen LogP contribution is 2.40. The monoisotopic (exact) mass is 266 g/mol. The molecule has 1 fully saturated rings. The van der Waals surface area contributed by atoms with Crippen molar-refractivity contribution in [1.82, 2.24) is 0 Å². The van der Waals surface area contributed by atoms with E-state index in [1.807, 2.05) is 32.9 Å². The Morgan fingerprint density at radius 1 is 1.26 bits per heavy atom. The lowest BCUT2D eigenvalue weighted by Crippen LogP contribution is -2.36. The Morgan fingerprint density at radius 3 is 2.42 bits per heavy atom. The summed E-state index contributed by atoms with van der Waals surface area (Å²) in [6.07, 6.45) is 3.32. The Bertz CT molecular complexity index is 439. The first kappa shape index (κ1) is 14.4. The number of ether oxygens (including phenoxy) is 2. The first-order chi connectivity index (χ1) is 8.75. The molecule has 0 bridgehead atoms. The number of aliphatic hydroxyl groups excluding tert-OH is 1. The highest BCUT2D eigenvalue weighted by atomic mass is 16.7. The smallest absolute Gasteiger partial charge is 0.187 e. The molecule has 0 saturated carbocycles. The number of allylic oxidation sites excluding steroid dienone is 2. The van der Waals surface area contributed by atoms with Crippen LogP contribution in [0.2, 0.25) is 0 Å². The Hall–Kier alpha value is -0.970. The van der Waals surface area contributed by atoms with Crippen molar-refractivity contribution in [2.75, 3.05) is 13.2 Å². The third-order valence-electron chi connectivity index (χ3n) is 3.92. The molecule has 2 rings (SSSR count). The van der Waals surface area contributed by atoms with Crippen LogP contribution in [0.1, 0.15) is 34.1 Å². The second-order valence-corrected chi connectivity index (χ2v) is 6.05. The zero-order valence-corrected chi connectivity index (χ0v) is 12.0. The van der Waals surface area contributed by atoms with Crippen LogP contribution in [0.25, 0.3) is 0 Å². The van der Waals surface area contributed by atoms with Crippen molar-refractivity contribution in [2.45, 2.75) is 46.0 Å². The molecular weight excluding hydrogens is 244 g/mol. The topological polar surface area (TPSA) is 55.8 Å². The summed E-state index contributed by atoms with van der Waals surface area (Å²) in [6, 6.07) is 0. The van der Waals surface area contributed by atoms with Crippen LogP contribution in [0.4, 0.5) is 0 Å². The number of ketones is 1. The number of carbonyl (C=O) groups is 1. The van der Waals surface area contributed by atoms with Gasteiger partial charge < -0.3 is 14.6 Å². The number of hydrogen-bond donors (Lipinski definition) is 1. The lowest BCUT2D eigenvalue weighted by molar-refractivity contribution is -0.125. The van der Waals surface area contributed by atoms with Gasteiger partial charge in [-0.25, -0.2) is 0 Å². The highest BCUT2D eigenvalue weighted by molar-refractivity contribution is 6.00. The number of Topliss-reactive ketones (excluding diaryl/α,β-unsaturated/α-hetero) is 1. The molecule has 1 aliphatic heterocycles. The summed E-state index contributed by atoms with van der Waals surface area (Å²) in [6.45, 7) is 8.86. The van der Waals surface area contributed by atoms with Crippen LogP contribution in [0.3, 0.4) is 0 Å². The number of carbonyl (C=O) groups excluding carboxylic acids is 1. The van der Waals surface area contributed by atoms with Crippen LogP contribution in [0.5, 0.6) is 0 Å². The van der Waals surface area contributed by atoms with E-state index in [4.69, 9.17) is 9.47 Å². The predicted octanol–water partition coefficient (Wildman–Crippen LogP) is 1.98. The molecule has 1 N–H and O–H groups in total. The number of hydrogen-bond acceptors (Lipinski definition) is 4. The van der Waals surface area contributed by atoms with Crippen LogP contribution in [-0.4, -0.2) is 36.0 Å². The molecule has 2 aliphatic rings. The Morgan fingerprint density at radius 2 is 1.84 bits per heavy atom. The van der Waals surface area contributed by atoms with Crippen molar-refractivity contribution in [3.63, 3.8) is 0 Å². The molecule has 1 saturated heterocycles. The average Bonchev–Trinajstić information content (AvgIpc) is 2.72. The zero-order valence-electron chi connectivity index (χ0n) is 12.0. The summed E-state index contributed by atoms with van der Waals surface area (Å²) >= 11 is 0. The van der Waals surface area contributed by atoms with Gasteiger partial charge >= 0.3 is 0 Å². The molecule has 1 atom stereocenters. The van der Waals surface area contributed by atoms with E-state index in [9.17, 15) is 9.90 Å². The summed E-state index contributed by atoms with van der Waals surface area (Å²) in [5.41, 5.74) is 1.34. The van der Waals surface area contributed by atoms with Crippen molar-refractivity contribution >= 4 is 5.78 Å². The van der Waals surface area contributed by atoms with E-state index in [2.05, 4.69) is 0 Å². The van der Waals surface area contributed by atoms with Gasteiger partial charge in [-0.1, -0.05) is 19.9 Å². The molecule has 106 valence electrons. The standard InChI is InChI=1S/C15H22O4/c1-10-11(5-6-15(4)18-7-8-19-15)14(2,3)9-12(16)13(10)17/h5-6,12,16H,7-9H2,1-4H3/t12-/m1/s1. The minimum atomic E-state index is -0.887. The quantitative estimate of drug-likeness (QED) is 0.830. The summed E-state index contributed by atoms with van der Waals surface area (Å²) in [5, 5.41) is 9.77. The second-order valence-electron chi connectivity index (χ2n) is 6.05. The van der Waals surface area contributed by atoms with Gasteiger partial charge in [-0.15, -0.1) is 0 Å². The zero-order chi connectivity index (χ0) is 14.3. The largest absolute Gasteiger partial charge is 0.385 e. The SMILES string of the molecule is CC1=C(C=CC2(C)OCCO2)C(C)(C)C[C@@H](O)C1=O. The van der Waals surface area contributed by atoms with Crippen molar-refractivity contribution < 1.29 is 19.4 Å². The van der Waals surface area contributed by atoms with Gasteiger partial charge in [-0.05, 0) is 42.9 Å². The van der Waals surface area contributed by atoms with E-state index in [-0.39, 0.29) is 11.2 Å². The number of aliphatic hydroxyl groups is 1. The molecule has 0 aromatic heterocycles. The van der Waals surface area contributed by atoms with E-state index in [1.54, 1.807) is 6.92 Å². The predicted molar refractivity (Wildman–Crippen MR) is 71.6 cm³/mol. The van der Waals surface area contributed by atoms with Crippen LogP contribution in [0.15, 0.2) is 23.3 Å². The molecular formula is C15H22O4. The highest BCUT2D eigenvalue weighted by Gasteiger charge is 2.37. The van der Waals surface area contributed by atoms with Crippen molar-refractivity contribution in [1.29, 1.82) is 0 Å². The van der Waals surface area contributed by atoms with E-state index in [1.165, 1.54) is 0 Å². The molecule has 0 unspecified atom stereocenters. The van der Waals surface area contributed by atoms with Gasteiger partial charge in [-0.3, -0.25) is 4.79 Å². The maximum absolute atomic E-state index is 11.9. The van der Waals surface area contributed by atoms with E-state index in [0.717, 1.165) is 5.57 Å². The lowest BCUT2D eigenvalue weighted by Gasteiger charge is -2.35. The van der Waals surface area contributed by atoms with Gasteiger partial charge in [0.2, 0.25) is 0 Å². The third kappa shape index (κ3) is 2.81. The summed E-state index contributed by atoms with van der Waals surface area (Å²) in [5.74, 6) is -0.889. The van der Waals surface area contributed by atoms with Crippen LogP contribution >= 0.6 is 0 Å². The molecule has 0 amide bonds. The summed E-state index contributed by atoms with van der Waals surface area (Å²) in [4.78, 5) is 11.9. The van der Waals surface area contributed by atoms with Gasteiger partial charge in [-0.2, -0.15) is 0 Å². The lowest BCUT2D eigenvalue weighted by atomic mass is 9.71. The van der Waals surface area contributed by atoms with Crippen molar-refractivity contribution in [3.8, 4) is 0 Å². The first-order valence-electron chi connectivity index (χ1n) is 6.66. The van der Waals surface area contributed by atoms with E-state index < -0.39 is 11.9 Å². The molecule has 4 nitrogen and oxygen atoms in total. The fourth-order valence-corrected chi connectivity index (χ4v) is 2.79. The second kappa shape index (κ2) is 4.85. The van der Waals surface area contributed by atoms with Gasteiger partial charge in [0, 0.05) is 0 Å². The fraction of sp³-hybridized carbons (Fsp3) is 0.667. The molecule has 4 heteroatoms. The van der Waals surface area contributed by atoms with E-state index >= 15 is 0 Å². The average molecular weight is 266 g/mol. The van der Waals surface area contributed by atoms with Gasteiger partial charge in [0.15, 0.2) is 11.6 Å². The van der Waals surface area contributed by atoms with Gasteiger partial charge in [0.1, 0.15) is 6.10 Å². The maximum Gasteiger partial charge on any atom is 0.187 e. The van der Waals surface area contributed by atoms with Gasteiger partial charge in [0.25, 0.3) is 0 Å². The van der Waals surface area contributed by atoms with Gasteiger partial charge in [0.05, 0.1) is 13.2 Å². The third-order valence-corrected chi connectivity index (χ3v) is 3.92. The Kier molecular flexibility index (Phi) is 3.69. The van der Waals surface area contributed by atoms with Crippen LogP contribution in [0, 0.1) is 5.41 Å².